The summed E-state index contributed by atoms with van der Waals surface area (Å²) < 4.78 is 4.94. The van der Waals surface area contributed by atoms with Crippen molar-refractivity contribution >= 4 is 84.6 Å². The molecule has 3 aromatic heterocycles. The molecule has 3 nitrogen and oxygen atoms in total. The van der Waals surface area contributed by atoms with Gasteiger partial charge in [0, 0.05) is 57.0 Å². The Bertz CT molecular complexity index is 2810. The van der Waals surface area contributed by atoms with Crippen LogP contribution in [0.2, 0.25) is 0 Å². The van der Waals surface area contributed by atoms with Gasteiger partial charge in [0.25, 0.3) is 0 Å². The number of aromatic nitrogens is 3. The third kappa shape index (κ3) is 3.92. The Morgan fingerprint density at radius 3 is 1.96 bits per heavy atom. The van der Waals surface area contributed by atoms with Crippen molar-refractivity contribution in [1.82, 2.24) is 15.0 Å². The van der Waals surface area contributed by atoms with Gasteiger partial charge in [-0.2, -0.15) is 0 Å². The molecular formula is C41H23N3S2. The van der Waals surface area contributed by atoms with E-state index in [0.717, 1.165) is 16.7 Å². The first-order valence-corrected chi connectivity index (χ1v) is 16.9. The fourth-order valence-electron chi connectivity index (χ4n) is 6.77. The quantitative estimate of drug-likeness (QED) is 0.184. The highest BCUT2D eigenvalue weighted by Gasteiger charge is 2.19. The number of rotatable bonds is 3. The minimum Gasteiger partial charge on any atom is -0.208 e. The number of hydrogen-bond donors (Lipinski definition) is 0. The molecule has 0 saturated carbocycles. The normalized spacial score (nSPS) is 11.9. The van der Waals surface area contributed by atoms with E-state index in [2.05, 4.69) is 121 Å². The third-order valence-electron chi connectivity index (χ3n) is 8.91. The Balaban J connectivity index is 1.27. The molecule has 7 aromatic carbocycles. The van der Waals surface area contributed by atoms with Crippen molar-refractivity contribution in [1.29, 1.82) is 0 Å². The molecule has 0 aliphatic heterocycles. The second-order valence-corrected chi connectivity index (χ2v) is 13.7. The van der Waals surface area contributed by atoms with Gasteiger partial charge in [-0.05, 0) is 51.9 Å². The van der Waals surface area contributed by atoms with Gasteiger partial charge >= 0.3 is 0 Å². The number of hydrogen-bond acceptors (Lipinski definition) is 5. The third-order valence-corrected chi connectivity index (χ3v) is 11.3. The van der Waals surface area contributed by atoms with E-state index in [1.165, 1.54) is 61.9 Å². The van der Waals surface area contributed by atoms with E-state index < -0.39 is 0 Å². The van der Waals surface area contributed by atoms with Gasteiger partial charge in [-0.15, -0.1) is 22.7 Å². The van der Waals surface area contributed by atoms with Crippen LogP contribution in [0.25, 0.3) is 96.1 Å². The molecule has 214 valence electrons. The summed E-state index contributed by atoms with van der Waals surface area (Å²) in [5.41, 5.74) is 3.02. The van der Waals surface area contributed by atoms with Crippen molar-refractivity contribution < 1.29 is 0 Å². The minimum absolute atomic E-state index is 0.673. The fraction of sp³-hybridized carbons (Fsp3) is 0. The maximum atomic E-state index is 5.26. The molecule has 3 heterocycles. The van der Waals surface area contributed by atoms with Crippen LogP contribution >= 0.6 is 22.7 Å². The SMILES string of the molecule is c1ccc(-c2nc(-c3cccc4c3sc3ccccc34)nc(-c3cccc4sc5cc6ccc7ccccc7c6cc5c34)n2)cc1. The predicted molar refractivity (Wildman–Crippen MR) is 197 cm³/mol. The molecule has 0 N–H and O–H groups in total. The number of nitrogens with zero attached hydrogens (tertiary/aromatic N) is 3. The first-order chi connectivity index (χ1) is 22.8. The van der Waals surface area contributed by atoms with E-state index in [9.17, 15) is 0 Å². The average Bonchev–Trinajstić information content (AvgIpc) is 3.69. The highest BCUT2D eigenvalue weighted by molar-refractivity contribution is 7.26. The van der Waals surface area contributed by atoms with Crippen molar-refractivity contribution in [3.8, 4) is 34.2 Å². The number of thiophene rings is 2. The second kappa shape index (κ2) is 10.0. The van der Waals surface area contributed by atoms with Gasteiger partial charge in [0.2, 0.25) is 0 Å². The molecule has 0 unspecified atom stereocenters. The summed E-state index contributed by atoms with van der Waals surface area (Å²) in [7, 11) is 0. The van der Waals surface area contributed by atoms with Gasteiger partial charge in [-0.3, -0.25) is 0 Å². The van der Waals surface area contributed by atoms with Crippen LogP contribution in [0.3, 0.4) is 0 Å². The van der Waals surface area contributed by atoms with Gasteiger partial charge in [0.1, 0.15) is 0 Å². The molecule has 0 bridgehead atoms. The highest BCUT2D eigenvalue weighted by atomic mass is 32.1. The molecule has 0 aliphatic rings. The predicted octanol–water partition coefficient (Wildman–Crippen LogP) is 11.9. The van der Waals surface area contributed by atoms with Crippen molar-refractivity contribution in [2.45, 2.75) is 0 Å². The van der Waals surface area contributed by atoms with E-state index in [1.54, 1.807) is 11.3 Å². The minimum atomic E-state index is 0.673. The molecule has 10 rings (SSSR count). The topological polar surface area (TPSA) is 38.7 Å². The van der Waals surface area contributed by atoms with Crippen molar-refractivity contribution in [2.75, 3.05) is 0 Å². The molecule has 5 heteroatoms. The van der Waals surface area contributed by atoms with Gasteiger partial charge in [0.05, 0.1) is 0 Å². The van der Waals surface area contributed by atoms with Gasteiger partial charge < -0.3 is 0 Å². The van der Waals surface area contributed by atoms with E-state index in [4.69, 9.17) is 15.0 Å². The van der Waals surface area contributed by atoms with Gasteiger partial charge in [-0.25, -0.2) is 15.0 Å². The lowest BCUT2D eigenvalue weighted by Gasteiger charge is -2.10. The summed E-state index contributed by atoms with van der Waals surface area (Å²) in [6, 6.07) is 49.6. The van der Waals surface area contributed by atoms with E-state index >= 15 is 0 Å². The highest BCUT2D eigenvalue weighted by Crippen LogP contribution is 2.43. The molecular weight excluding hydrogens is 599 g/mol. The largest absolute Gasteiger partial charge is 0.208 e. The van der Waals surface area contributed by atoms with Crippen molar-refractivity contribution in [3.05, 3.63) is 140 Å². The van der Waals surface area contributed by atoms with Crippen molar-refractivity contribution in [3.63, 3.8) is 0 Å². The molecule has 0 amide bonds. The Hall–Kier alpha value is -5.49. The summed E-state index contributed by atoms with van der Waals surface area (Å²) >= 11 is 3.62. The monoisotopic (exact) mass is 621 g/mol. The van der Waals surface area contributed by atoms with Crippen LogP contribution in [0.15, 0.2) is 140 Å². The zero-order valence-corrected chi connectivity index (χ0v) is 26.1. The van der Waals surface area contributed by atoms with E-state index in [-0.39, 0.29) is 0 Å². The lowest BCUT2D eigenvalue weighted by atomic mass is 9.98. The molecule has 0 spiro atoms. The van der Waals surface area contributed by atoms with Crippen LogP contribution in [0.5, 0.6) is 0 Å². The molecule has 46 heavy (non-hydrogen) atoms. The van der Waals surface area contributed by atoms with E-state index in [0.29, 0.717) is 17.5 Å². The van der Waals surface area contributed by atoms with Gasteiger partial charge in [-0.1, -0.05) is 109 Å². The Kier molecular flexibility index (Phi) is 5.61. The standard InChI is InChI=1S/C41H23N3S2/c1-2-11-25(12-3-1)39-42-40(44-41(43-39)31-17-8-15-29-28-14-6-7-18-34(28)46-38(29)31)30-16-9-19-35-37(30)33-23-32-26(22-36(33)45-35)21-20-24-10-4-5-13-27(24)32/h1-23H. The van der Waals surface area contributed by atoms with Crippen LogP contribution in [0.1, 0.15) is 0 Å². The Morgan fingerprint density at radius 1 is 0.370 bits per heavy atom. The Morgan fingerprint density at radius 2 is 1.04 bits per heavy atom. The van der Waals surface area contributed by atoms with E-state index in [1.807, 2.05) is 29.5 Å². The summed E-state index contributed by atoms with van der Waals surface area (Å²) in [4.78, 5) is 15.5. The molecule has 0 saturated heterocycles. The zero-order valence-electron chi connectivity index (χ0n) is 24.4. The zero-order chi connectivity index (χ0) is 30.2. The fourth-order valence-corrected chi connectivity index (χ4v) is 9.14. The molecule has 10 aromatic rings. The van der Waals surface area contributed by atoms with Crippen molar-refractivity contribution in [2.24, 2.45) is 0 Å². The number of benzene rings is 7. The first kappa shape index (κ1) is 25.8. The number of fused-ring (bicyclic) bond motifs is 9. The van der Waals surface area contributed by atoms with Crippen LogP contribution in [-0.2, 0) is 0 Å². The first-order valence-electron chi connectivity index (χ1n) is 15.3. The Labute approximate surface area is 272 Å². The average molecular weight is 622 g/mol. The summed E-state index contributed by atoms with van der Waals surface area (Å²) in [6.07, 6.45) is 0. The molecule has 0 radical (unpaired) electrons. The summed E-state index contributed by atoms with van der Waals surface area (Å²) in [6.45, 7) is 0. The van der Waals surface area contributed by atoms with Crippen LogP contribution in [0, 0.1) is 0 Å². The van der Waals surface area contributed by atoms with Crippen LogP contribution in [-0.4, -0.2) is 15.0 Å². The smallest absolute Gasteiger partial charge is 0.165 e. The second-order valence-electron chi connectivity index (χ2n) is 11.6. The maximum Gasteiger partial charge on any atom is 0.165 e. The van der Waals surface area contributed by atoms with Crippen LogP contribution < -0.4 is 0 Å². The summed E-state index contributed by atoms with van der Waals surface area (Å²) in [5, 5.41) is 9.94. The molecule has 0 atom stereocenters. The molecule has 0 aliphatic carbocycles. The van der Waals surface area contributed by atoms with Gasteiger partial charge in [0.15, 0.2) is 17.5 Å². The van der Waals surface area contributed by atoms with Crippen LogP contribution in [0.4, 0.5) is 0 Å². The lowest BCUT2D eigenvalue weighted by molar-refractivity contribution is 1.08. The maximum absolute atomic E-state index is 5.26. The molecule has 0 fully saturated rings. The lowest BCUT2D eigenvalue weighted by Crippen LogP contribution is -2.00. The summed E-state index contributed by atoms with van der Waals surface area (Å²) in [5.74, 6) is 2.05.